The summed E-state index contributed by atoms with van der Waals surface area (Å²) in [5.74, 6) is 1.87. The maximum atomic E-state index is 5.94. The molecule has 28 heavy (non-hydrogen) atoms. The van der Waals surface area contributed by atoms with Gasteiger partial charge in [-0.25, -0.2) is 0 Å². The van der Waals surface area contributed by atoms with Gasteiger partial charge in [-0.2, -0.15) is 4.98 Å². The number of hydrogen-bond donors (Lipinski definition) is 1. The molecule has 0 saturated carbocycles. The fraction of sp³-hybridized carbons (Fsp3) is 0.273. The van der Waals surface area contributed by atoms with E-state index in [4.69, 9.17) is 16.1 Å². The highest BCUT2D eigenvalue weighted by atomic mass is 35.5. The molecular weight excluding hydrogens is 372 g/mol. The third kappa shape index (κ3) is 3.43. The van der Waals surface area contributed by atoms with Crippen LogP contribution in [0.1, 0.15) is 30.2 Å². The van der Waals surface area contributed by atoms with Crippen LogP contribution in [0.3, 0.4) is 0 Å². The average molecular weight is 393 g/mol. The highest BCUT2D eigenvalue weighted by molar-refractivity contribution is 6.30. The lowest BCUT2D eigenvalue weighted by atomic mass is 9.89. The summed E-state index contributed by atoms with van der Waals surface area (Å²) in [7, 11) is 0. The predicted octanol–water partition coefficient (Wildman–Crippen LogP) is 5.25. The van der Waals surface area contributed by atoms with Crippen LogP contribution in [-0.2, 0) is 6.54 Å². The first-order valence-electron chi connectivity index (χ1n) is 9.63. The molecule has 5 rings (SSSR count). The minimum absolute atomic E-state index is 0.597. The fourth-order valence-electron chi connectivity index (χ4n) is 4.06. The Bertz CT molecular complexity index is 1080. The van der Waals surface area contributed by atoms with E-state index in [1.807, 2.05) is 24.3 Å². The molecule has 0 spiro atoms. The molecule has 0 radical (unpaired) electrons. The van der Waals surface area contributed by atoms with Crippen molar-refractivity contribution in [2.24, 2.45) is 0 Å². The number of rotatable bonds is 4. The Balaban J connectivity index is 1.22. The molecule has 1 fully saturated rings. The highest BCUT2D eigenvalue weighted by Gasteiger charge is 2.24. The third-order valence-corrected chi connectivity index (χ3v) is 5.83. The van der Waals surface area contributed by atoms with E-state index in [0.29, 0.717) is 29.2 Å². The van der Waals surface area contributed by atoms with Gasteiger partial charge in [-0.15, -0.1) is 0 Å². The summed E-state index contributed by atoms with van der Waals surface area (Å²) < 4.78 is 5.47. The van der Waals surface area contributed by atoms with Crippen molar-refractivity contribution in [1.29, 1.82) is 0 Å². The van der Waals surface area contributed by atoms with Gasteiger partial charge in [-0.3, -0.25) is 4.90 Å². The topological polar surface area (TPSA) is 58.0 Å². The van der Waals surface area contributed by atoms with E-state index >= 15 is 0 Å². The Morgan fingerprint density at radius 3 is 2.68 bits per heavy atom. The highest BCUT2D eigenvalue weighted by Crippen LogP contribution is 2.33. The lowest BCUT2D eigenvalue weighted by Gasteiger charge is -2.30. The number of halogens is 1. The number of para-hydroxylation sites is 1. The van der Waals surface area contributed by atoms with Crippen LogP contribution in [0.2, 0.25) is 5.02 Å². The second-order valence-electron chi connectivity index (χ2n) is 7.36. The summed E-state index contributed by atoms with van der Waals surface area (Å²) in [6.07, 6.45) is 4.46. The smallest absolute Gasteiger partial charge is 0.241 e. The maximum Gasteiger partial charge on any atom is 0.241 e. The van der Waals surface area contributed by atoms with Crippen LogP contribution in [0.25, 0.3) is 22.3 Å². The van der Waals surface area contributed by atoms with Gasteiger partial charge in [0.1, 0.15) is 0 Å². The van der Waals surface area contributed by atoms with Crippen LogP contribution in [0.4, 0.5) is 0 Å². The van der Waals surface area contributed by atoms with Gasteiger partial charge in [0.25, 0.3) is 0 Å². The van der Waals surface area contributed by atoms with Gasteiger partial charge >= 0.3 is 0 Å². The lowest BCUT2D eigenvalue weighted by molar-refractivity contribution is 0.181. The number of H-pyrrole nitrogens is 1. The molecule has 3 heterocycles. The molecule has 4 aromatic rings. The Morgan fingerprint density at radius 2 is 1.86 bits per heavy atom. The molecule has 0 atom stereocenters. The third-order valence-electron chi connectivity index (χ3n) is 5.58. The van der Waals surface area contributed by atoms with E-state index in [0.717, 1.165) is 31.5 Å². The number of nitrogens with one attached hydrogen (secondary N) is 1. The molecule has 142 valence electrons. The zero-order valence-electron chi connectivity index (χ0n) is 15.4. The van der Waals surface area contributed by atoms with Gasteiger partial charge in [0, 0.05) is 27.7 Å². The number of aromatic nitrogens is 3. The van der Waals surface area contributed by atoms with Gasteiger partial charge in [-0.05, 0) is 67.7 Å². The molecule has 1 aliphatic heterocycles. The molecular formula is C22H21ClN4O. The molecule has 1 saturated heterocycles. The van der Waals surface area contributed by atoms with Crippen LogP contribution in [-0.4, -0.2) is 33.1 Å². The summed E-state index contributed by atoms with van der Waals surface area (Å²) in [4.78, 5) is 10.3. The summed E-state index contributed by atoms with van der Waals surface area (Å²) in [6, 6.07) is 16.0. The number of benzene rings is 2. The van der Waals surface area contributed by atoms with E-state index < -0.39 is 0 Å². The fourth-order valence-corrected chi connectivity index (χ4v) is 4.19. The van der Waals surface area contributed by atoms with E-state index in [2.05, 4.69) is 50.5 Å². The molecule has 5 nitrogen and oxygen atoms in total. The number of aromatic amines is 1. The quantitative estimate of drug-likeness (QED) is 0.515. The van der Waals surface area contributed by atoms with Crippen molar-refractivity contribution < 1.29 is 4.52 Å². The van der Waals surface area contributed by atoms with E-state index in [9.17, 15) is 0 Å². The molecule has 1 N–H and O–H groups in total. The average Bonchev–Trinajstić information content (AvgIpc) is 3.36. The van der Waals surface area contributed by atoms with Crippen molar-refractivity contribution >= 4 is 22.5 Å². The van der Waals surface area contributed by atoms with Crippen LogP contribution < -0.4 is 0 Å². The van der Waals surface area contributed by atoms with Gasteiger partial charge in [-0.1, -0.05) is 35.0 Å². The molecule has 0 unspecified atom stereocenters. The minimum atomic E-state index is 0.597. The largest absolute Gasteiger partial charge is 0.361 e. The second-order valence-corrected chi connectivity index (χ2v) is 7.80. The zero-order valence-corrected chi connectivity index (χ0v) is 16.2. The lowest BCUT2D eigenvalue weighted by Crippen LogP contribution is -2.32. The predicted molar refractivity (Wildman–Crippen MR) is 110 cm³/mol. The molecule has 0 amide bonds. The van der Waals surface area contributed by atoms with Crippen molar-refractivity contribution in [1.82, 2.24) is 20.0 Å². The number of likely N-dealkylation sites (tertiary alicyclic amines) is 1. The van der Waals surface area contributed by atoms with Gasteiger partial charge in [0.05, 0.1) is 6.54 Å². The SMILES string of the molecule is Clc1ccc(-c2noc(CN3CCC(c4c[nH]c5ccccc45)CC3)n2)cc1. The summed E-state index contributed by atoms with van der Waals surface area (Å²) in [5, 5.41) is 6.16. The first-order chi connectivity index (χ1) is 13.8. The van der Waals surface area contributed by atoms with Crippen molar-refractivity contribution in [3.05, 3.63) is 71.2 Å². The van der Waals surface area contributed by atoms with Gasteiger partial charge in [0.2, 0.25) is 11.7 Å². The second kappa shape index (κ2) is 7.41. The summed E-state index contributed by atoms with van der Waals surface area (Å²) in [5.41, 5.74) is 3.58. The molecule has 2 aromatic carbocycles. The molecule has 6 heteroatoms. The number of nitrogens with zero attached hydrogens (tertiary/aromatic N) is 3. The van der Waals surface area contributed by atoms with Crippen LogP contribution in [0.5, 0.6) is 0 Å². The van der Waals surface area contributed by atoms with Crippen molar-refractivity contribution in [3.8, 4) is 11.4 Å². The van der Waals surface area contributed by atoms with Crippen LogP contribution in [0, 0.1) is 0 Å². The zero-order chi connectivity index (χ0) is 18.9. The molecule has 2 aromatic heterocycles. The van der Waals surface area contributed by atoms with Crippen molar-refractivity contribution in [3.63, 3.8) is 0 Å². The first kappa shape index (κ1) is 17.5. The minimum Gasteiger partial charge on any atom is -0.361 e. The van der Waals surface area contributed by atoms with Crippen molar-refractivity contribution in [2.45, 2.75) is 25.3 Å². The van der Waals surface area contributed by atoms with E-state index in [-0.39, 0.29) is 0 Å². The summed E-state index contributed by atoms with van der Waals surface area (Å²) >= 11 is 5.94. The Morgan fingerprint density at radius 1 is 1.07 bits per heavy atom. The van der Waals surface area contributed by atoms with Crippen LogP contribution in [0.15, 0.2) is 59.3 Å². The monoisotopic (exact) mass is 392 g/mol. The Labute approximate surface area is 168 Å². The molecule has 0 aliphatic carbocycles. The molecule has 1 aliphatic rings. The van der Waals surface area contributed by atoms with Crippen molar-refractivity contribution in [2.75, 3.05) is 13.1 Å². The van der Waals surface area contributed by atoms with Crippen LogP contribution >= 0.6 is 11.6 Å². The van der Waals surface area contributed by atoms with E-state index in [1.165, 1.54) is 16.5 Å². The van der Waals surface area contributed by atoms with Gasteiger partial charge < -0.3 is 9.51 Å². The summed E-state index contributed by atoms with van der Waals surface area (Å²) in [6.45, 7) is 2.76. The Hall–Kier alpha value is -2.63. The normalized spacial score (nSPS) is 16.0. The van der Waals surface area contributed by atoms with Gasteiger partial charge in [0.15, 0.2) is 0 Å². The maximum absolute atomic E-state index is 5.94. The number of hydrogen-bond acceptors (Lipinski definition) is 4. The number of fused-ring (bicyclic) bond motifs is 1. The Kier molecular flexibility index (Phi) is 4.63. The van der Waals surface area contributed by atoms with E-state index in [1.54, 1.807) is 0 Å². The number of piperidine rings is 1. The standard InChI is InChI=1S/C22H21ClN4O/c23-17-7-5-16(6-8-17)22-25-21(28-26-22)14-27-11-9-15(10-12-27)19-13-24-20-4-2-1-3-18(19)20/h1-8,13,15,24H,9-12,14H2. The first-order valence-corrected chi connectivity index (χ1v) is 10.0. The molecule has 0 bridgehead atoms.